The van der Waals surface area contributed by atoms with E-state index < -0.39 is 24.0 Å². The fraction of sp³-hybridized carbons (Fsp3) is 0.615. The van der Waals surface area contributed by atoms with Crippen LogP contribution in [0.25, 0.3) is 0 Å². The quantitative estimate of drug-likeness (QED) is 0.593. The highest BCUT2D eigenvalue weighted by atomic mass is 16.5. The predicted molar refractivity (Wildman–Crippen MR) is 133 cm³/mol. The third kappa shape index (κ3) is 6.74. The standard InChI is InChI=1S/C26H38N4O5/c1-18(31)30-15-14-29(25(33)20-10-12-21(13-11-20)28(2)3)17-23(30)24(32)27-22(26(34)35-4)16-19-8-6-5-7-9-19/h10-13,19,22-23H,5-9,14-17H2,1-4H3,(H,27,32). The van der Waals surface area contributed by atoms with E-state index in [9.17, 15) is 19.2 Å². The van der Waals surface area contributed by atoms with Gasteiger partial charge in [0.2, 0.25) is 11.8 Å². The van der Waals surface area contributed by atoms with Gasteiger partial charge in [-0.3, -0.25) is 14.4 Å². The second-order valence-electron chi connectivity index (χ2n) is 9.74. The van der Waals surface area contributed by atoms with Crippen LogP contribution in [0.2, 0.25) is 0 Å². The van der Waals surface area contributed by atoms with Crippen LogP contribution in [0.1, 0.15) is 55.8 Å². The maximum atomic E-state index is 13.4. The van der Waals surface area contributed by atoms with E-state index in [1.54, 1.807) is 17.0 Å². The Morgan fingerprint density at radius 2 is 1.71 bits per heavy atom. The van der Waals surface area contributed by atoms with Crippen molar-refractivity contribution < 1.29 is 23.9 Å². The lowest BCUT2D eigenvalue weighted by Crippen LogP contribution is -2.62. The topological polar surface area (TPSA) is 99.3 Å². The number of hydrogen-bond acceptors (Lipinski definition) is 6. The van der Waals surface area contributed by atoms with Gasteiger partial charge in [-0.25, -0.2) is 4.79 Å². The minimum absolute atomic E-state index is 0.0665. The summed E-state index contributed by atoms with van der Waals surface area (Å²) in [6, 6.07) is 5.63. The van der Waals surface area contributed by atoms with Crippen LogP contribution in [0.15, 0.2) is 24.3 Å². The van der Waals surface area contributed by atoms with Crippen LogP contribution in [0, 0.1) is 5.92 Å². The Morgan fingerprint density at radius 1 is 1.06 bits per heavy atom. The molecule has 1 aliphatic carbocycles. The van der Waals surface area contributed by atoms with Gasteiger partial charge in [0.15, 0.2) is 0 Å². The molecule has 35 heavy (non-hydrogen) atoms. The van der Waals surface area contributed by atoms with Gasteiger partial charge in [0.05, 0.1) is 13.7 Å². The minimum atomic E-state index is -0.871. The third-order valence-corrected chi connectivity index (χ3v) is 7.10. The molecule has 2 aliphatic rings. The van der Waals surface area contributed by atoms with Gasteiger partial charge in [0, 0.05) is 45.4 Å². The van der Waals surface area contributed by atoms with Crippen molar-refractivity contribution in [2.75, 3.05) is 45.7 Å². The monoisotopic (exact) mass is 486 g/mol. The Balaban J connectivity index is 1.73. The Morgan fingerprint density at radius 3 is 2.29 bits per heavy atom. The number of nitrogens with one attached hydrogen (secondary N) is 1. The zero-order valence-electron chi connectivity index (χ0n) is 21.3. The van der Waals surface area contributed by atoms with Gasteiger partial charge in [-0.2, -0.15) is 0 Å². The molecule has 1 aromatic rings. The number of carbonyl (C=O) groups excluding carboxylic acids is 4. The van der Waals surface area contributed by atoms with Crippen molar-refractivity contribution in [2.24, 2.45) is 5.92 Å². The molecule has 1 aromatic carbocycles. The van der Waals surface area contributed by atoms with Crippen molar-refractivity contribution in [1.29, 1.82) is 0 Å². The predicted octanol–water partition coefficient (Wildman–Crippen LogP) is 2.05. The van der Waals surface area contributed by atoms with E-state index in [0.29, 0.717) is 24.4 Å². The van der Waals surface area contributed by atoms with Crippen molar-refractivity contribution in [3.05, 3.63) is 29.8 Å². The molecule has 1 saturated carbocycles. The van der Waals surface area contributed by atoms with Crippen LogP contribution < -0.4 is 10.2 Å². The van der Waals surface area contributed by atoms with Gasteiger partial charge in [-0.1, -0.05) is 32.1 Å². The Labute approximate surface area is 207 Å². The van der Waals surface area contributed by atoms with E-state index in [1.165, 1.54) is 25.4 Å². The van der Waals surface area contributed by atoms with Crippen LogP contribution in [0.5, 0.6) is 0 Å². The van der Waals surface area contributed by atoms with Gasteiger partial charge in [-0.15, -0.1) is 0 Å². The number of carbonyl (C=O) groups is 4. The van der Waals surface area contributed by atoms with Gasteiger partial charge in [0.1, 0.15) is 12.1 Å². The first-order valence-electron chi connectivity index (χ1n) is 12.4. The van der Waals surface area contributed by atoms with Crippen molar-refractivity contribution >= 4 is 29.4 Å². The molecule has 3 amide bonds. The summed E-state index contributed by atoms with van der Waals surface area (Å²) < 4.78 is 4.96. The fourth-order valence-electron chi connectivity index (χ4n) is 5.03. The lowest BCUT2D eigenvalue weighted by atomic mass is 9.84. The maximum absolute atomic E-state index is 13.4. The highest BCUT2D eigenvalue weighted by Crippen LogP contribution is 2.28. The van der Waals surface area contributed by atoms with E-state index in [2.05, 4.69) is 5.32 Å². The zero-order chi connectivity index (χ0) is 25.5. The average Bonchev–Trinajstić information content (AvgIpc) is 2.87. The SMILES string of the molecule is COC(=O)C(CC1CCCCC1)NC(=O)C1CN(C(=O)c2ccc(N(C)C)cc2)CCN1C(C)=O. The van der Waals surface area contributed by atoms with Crippen molar-refractivity contribution in [2.45, 2.75) is 57.5 Å². The summed E-state index contributed by atoms with van der Waals surface area (Å²) in [7, 11) is 5.17. The molecule has 1 N–H and O–H groups in total. The molecule has 9 nitrogen and oxygen atoms in total. The largest absolute Gasteiger partial charge is 0.467 e. The summed E-state index contributed by atoms with van der Waals surface area (Å²) in [5, 5.41) is 2.84. The molecule has 3 rings (SSSR count). The van der Waals surface area contributed by atoms with Crippen molar-refractivity contribution in [1.82, 2.24) is 15.1 Å². The van der Waals surface area contributed by atoms with Gasteiger partial charge >= 0.3 is 5.97 Å². The summed E-state index contributed by atoms with van der Waals surface area (Å²) >= 11 is 0. The molecule has 2 unspecified atom stereocenters. The van der Waals surface area contributed by atoms with Gasteiger partial charge in [0.25, 0.3) is 5.91 Å². The number of esters is 1. The number of rotatable bonds is 7. The smallest absolute Gasteiger partial charge is 0.328 e. The number of nitrogens with zero attached hydrogens (tertiary/aromatic N) is 3. The lowest BCUT2D eigenvalue weighted by molar-refractivity contribution is -0.148. The Kier molecular flexibility index (Phi) is 9.12. The van der Waals surface area contributed by atoms with Crippen LogP contribution in [0.3, 0.4) is 0 Å². The summed E-state index contributed by atoms with van der Waals surface area (Å²) in [6.07, 6.45) is 6.03. The van der Waals surface area contributed by atoms with E-state index in [4.69, 9.17) is 4.74 Å². The van der Waals surface area contributed by atoms with Crippen LogP contribution in [0.4, 0.5) is 5.69 Å². The summed E-state index contributed by atoms with van der Waals surface area (Å²) in [4.78, 5) is 56.3. The molecule has 192 valence electrons. The second-order valence-corrected chi connectivity index (χ2v) is 9.74. The molecular weight excluding hydrogens is 448 g/mol. The number of methoxy groups -OCH3 is 1. The molecule has 0 radical (unpaired) electrons. The Hall–Kier alpha value is -3.10. The highest BCUT2D eigenvalue weighted by Gasteiger charge is 2.38. The van der Waals surface area contributed by atoms with Gasteiger partial charge in [-0.05, 0) is 36.6 Å². The molecule has 0 aromatic heterocycles. The van der Waals surface area contributed by atoms with Crippen molar-refractivity contribution in [3.8, 4) is 0 Å². The first kappa shape index (κ1) is 26.5. The van der Waals surface area contributed by atoms with E-state index in [-0.39, 0.29) is 24.9 Å². The maximum Gasteiger partial charge on any atom is 0.328 e. The molecule has 0 spiro atoms. The normalized spacial score (nSPS) is 19.6. The van der Waals surface area contributed by atoms with E-state index in [0.717, 1.165) is 31.4 Å². The molecule has 2 fully saturated rings. The Bertz CT molecular complexity index is 911. The number of amides is 3. The molecule has 0 bridgehead atoms. The highest BCUT2D eigenvalue weighted by molar-refractivity contribution is 5.96. The molecule has 1 saturated heterocycles. The van der Waals surface area contributed by atoms with Crippen molar-refractivity contribution in [3.63, 3.8) is 0 Å². The molecule has 9 heteroatoms. The summed E-state index contributed by atoms with van der Waals surface area (Å²) in [5.41, 5.74) is 1.50. The average molecular weight is 487 g/mol. The summed E-state index contributed by atoms with van der Waals surface area (Å²) in [6.45, 7) is 2.06. The number of ether oxygens (including phenoxy) is 1. The first-order chi connectivity index (χ1) is 16.7. The van der Waals surface area contributed by atoms with E-state index in [1.807, 2.05) is 31.1 Å². The lowest BCUT2D eigenvalue weighted by Gasteiger charge is -2.40. The third-order valence-electron chi connectivity index (χ3n) is 7.10. The summed E-state index contributed by atoms with van der Waals surface area (Å²) in [5.74, 6) is -1.00. The van der Waals surface area contributed by atoms with Crippen LogP contribution in [-0.2, 0) is 19.1 Å². The fourth-order valence-corrected chi connectivity index (χ4v) is 5.03. The van der Waals surface area contributed by atoms with E-state index >= 15 is 0 Å². The van der Waals surface area contributed by atoms with Gasteiger partial charge < -0.3 is 24.8 Å². The number of piperazine rings is 1. The number of hydrogen-bond donors (Lipinski definition) is 1. The molecule has 1 heterocycles. The molecule has 1 aliphatic heterocycles. The first-order valence-corrected chi connectivity index (χ1v) is 12.4. The van der Waals surface area contributed by atoms with Crippen LogP contribution >= 0.6 is 0 Å². The molecular formula is C26H38N4O5. The number of benzene rings is 1. The minimum Gasteiger partial charge on any atom is -0.467 e. The van der Waals surface area contributed by atoms with Crippen LogP contribution in [-0.4, -0.2) is 86.4 Å². The number of anilines is 1. The second kappa shape index (κ2) is 12.0. The molecule has 2 atom stereocenters. The zero-order valence-corrected chi connectivity index (χ0v) is 21.3.